The monoisotopic (exact) mass is 384 g/mol. The van der Waals surface area contributed by atoms with Crippen molar-refractivity contribution < 1.29 is 19.5 Å². The summed E-state index contributed by atoms with van der Waals surface area (Å²) in [6.07, 6.45) is 4.89. The minimum atomic E-state index is -0.995. The summed E-state index contributed by atoms with van der Waals surface area (Å²) in [7, 11) is 0. The Morgan fingerprint density at radius 3 is 2.41 bits per heavy atom. The number of benzene rings is 1. The topological polar surface area (TPSA) is 109 Å². The molecule has 2 amide bonds. The van der Waals surface area contributed by atoms with Crippen LogP contribution in [-0.2, 0) is 16.0 Å². The fourth-order valence-corrected chi connectivity index (χ4v) is 4.28. The lowest BCUT2D eigenvalue weighted by Crippen LogP contribution is -2.34. The van der Waals surface area contributed by atoms with Gasteiger partial charge in [0.25, 0.3) is 5.91 Å². The highest BCUT2D eigenvalue weighted by Gasteiger charge is 2.34. The molecule has 0 aliphatic heterocycles. The number of hydrogen-bond acceptors (Lipinski definition) is 4. The van der Waals surface area contributed by atoms with Crippen molar-refractivity contribution in [3.05, 3.63) is 64.6 Å². The van der Waals surface area contributed by atoms with Crippen molar-refractivity contribution in [2.24, 2.45) is 17.6 Å². The maximum atomic E-state index is 12.7. The molecule has 2 aromatic rings. The van der Waals surface area contributed by atoms with Gasteiger partial charge < -0.3 is 16.2 Å². The van der Waals surface area contributed by atoms with E-state index in [-0.39, 0.29) is 5.56 Å². The largest absolute Gasteiger partial charge is 0.481 e. The van der Waals surface area contributed by atoms with E-state index in [4.69, 9.17) is 5.73 Å². The van der Waals surface area contributed by atoms with Crippen LogP contribution in [0.15, 0.2) is 48.6 Å². The number of anilines is 1. The van der Waals surface area contributed by atoms with Crippen molar-refractivity contribution in [2.75, 3.05) is 5.32 Å². The summed E-state index contributed by atoms with van der Waals surface area (Å²) < 4.78 is 0. The molecular formula is C20H20N2O4S. The lowest BCUT2D eigenvalue weighted by Gasteiger charge is -2.24. The fourth-order valence-electron chi connectivity index (χ4n) is 3.18. The van der Waals surface area contributed by atoms with E-state index in [1.54, 1.807) is 12.1 Å². The third-order valence-corrected chi connectivity index (χ3v) is 5.64. The molecule has 1 aromatic heterocycles. The van der Waals surface area contributed by atoms with Crippen molar-refractivity contribution in [1.82, 2.24) is 0 Å². The van der Waals surface area contributed by atoms with E-state index in [2.05, 4.69) is 5.32 Å². The number of carbonyl (C=O) groups excluding carboxylic acids is 2. The Morgan fingerprint density at radius 1 is 1.11 bits per heavy atom. The van der Waals surface area contributed by atoms with Crippen molar-refractivity contribution in [3.8, 4) is 0 Å². The predicted molar refractivity (Wildman–Crippen MR) is 104 cm³/mol. The van der Waals surface area contributed by atoms with Gasteiger partial charge in [0.15, 0.2) is 0 Å². The summed E-state index contributed by atoms with van der Waals surface area (Å²) in [6.45, 7) is 0. The first kappa shape index (κ1) is 18.8. The van der Waals surface area contributed by atoms with Gasteiger partial charge >= 0.3 is 5.97 Å². The Labute approximate surface area is 160 Å². The fraction of sp³-hybridized carbons (Fsp3) is 0.250. The normalized spacial score (nSPS) is 18.8. The Kier molecular flexibility index (Phi) is 5.71. The molecule has 1 aromatic carbocycles. The number of primary amides is 1. The number of nitrogens with one attached hydrogen (secondary N) is 1. The summed E-state index contributed by atoms with van der Waals surface area (Å²) in [5.74, 6) is -3.46. The molecule has 27 heavy (non-hydrogen) atoms. The quantitative estimate of drug-likeness (QED) is 0.665. The van der Waals surface area contributed by atoms with Crippen LogP contribution in [0.4, 0.5) is 5.00 Å². The summed E-state index contributed by atoms with van der Waals surface area (Å²) in [5, 5.41) is 12.5. The van der Waals surface area contributed by atoms with Crippen molar-refractivity contribution in [3.63, 3.8) is 0 Å². The minimum absolute atomic E-state index is 0.248. The molecule has 0 radical (unpaired) electrons. The first-order valence-corrected chi connectivity index (χ1v) is 9.42. The molecule has 0 bridgehead atoms. The number of hydrogen-bond donors (Lipinski definition) is 3. The van der Waals surface area contributed by atoms with E-state index in [1.807, 2.05) is 36.4 Å². The SMILES string of the molecule is NC(=O)c1cc(Cc2ccccc2)sc1NC(=O)[C@@H]1CC=CC[C@@H]1C(=O)O. The van der Waals surface area contributed by atoms with Crippen molar-refractivity contribution in [1.29, 1.82) is 0 Å². The predicted octanol–water partition coefficient (Wildman–Crippen LogP) is 3.04. The molecule has 6 nitrogen and oxygen atoms in total. The van der Waals surface area contributed by atoms with Crippen molar-refractivity contribution in [2.45, 2.75) is 19.3 Å². The van der Waals surface area contributed by atoms with Crippen LogP contribution in [0.3, 0.4) is 0 Å². The molecule has 1 aliphatic rings. The van der Waals surface area contributed by atoms with Gasteiger partial charge in [-0.1, -0.05) is 42.5 Å². The summed E-state index contributed by atoms with van der Waals surface area (Å²) >= 11 is 1.29. The molecule has 140 valence electrons. The van der Waals surface area contributed by atoms with Crippen LogP contribution in [0.2, 0.25) is 0 Å². The van der Waals surface area contributed by atoms with E-state index < -0.39 is 29.6 Å². The van der Waals surface area contributed by atoms with Crippen LogP contribution in [0.1, 0.15) is 33.6 Å². The molecule has 0 spiro atoms. The van der Waals surface area contributed by atoms with Gasteiger partial charge in [0.1, 0.15) is 5.00 Å². The Hall–Kier alpha value is -2.93. The van der Waals surface area contributed by atoms with Gasteiger partial charge in [0.2, 0.25) is 5.91 Å². The highest BCUT2D eigenvalue weighted by Crippen LogP contribution is 2.32. The maximum absolute atomic E-state index is 12.7. The Bertz CT molecular complexity index is 889. The highest BCUT2D eigenvalue weighted by molar-refractivity contribution is 7.16. The second kappa shape index (κ2) is 8.18. The Balaban J connectivity index is 1.81. The molecule has 0 saturated carbocycles. The summed E-state index contributed by atoms with van der Waals surface area (Å²) in [5.41, 5.74) is 6.79. The molecule has 2 atom stereocenters. The number of carboxylic acid groups (broad SMARTS) is 1. The van der Waals surface area contributed by atoms with Crippen LogP contribution in [0.25, 0.3) is 0 Å². The van der Waals surface area contributed by atoms with Gasteiger partial charge in [-0.05, 0) is 24.5 Å². The number of allylic oxidation sites excluding steroid dienone is 2. The van der Waals surface area contributed by atoms with E-state index in [0.29, 0.717) is 24.3 Å². The van der Waals surface area contributed by atoms with Crippen LogP contribution >= 0.6 is 11.3 Å². The van der Waals surface area contributed by atoms with Crippen LogP contribution in [0.5, 0.6) is 0 Å². The average molecular weight is 384 g/mol. The zero-order chi connectivity index (χ0) is 19.4. The molecule has 1 aliphatic carbocycles. The van der Waals surface area contributed by atoms with Gasteiger partial charge in [0.05, 0.1) is 17.4 Å². The molecule has 7 heteroatoms. The second-order valence-corrected chi connectivity index (χ2v) is 7.60. The zero-order valence-electron chi connectivity index (χ0n) is 14.6. The molecule has 3 rings (SSSR count). The van der Waals surface area contributed by atoms with Crippen LogP contribution in [0, 0.1) is 11.8 Å². The molecule has 0 unspecified atom stereocenters. The molecule has 0 fully saturated rings. The van der Waals surface area contributed by atoms with Crippen LogP contribution in [-0.4, -0.2) is 22.9 Å². The van der Waals surface area contributed by atoms with Gasteiger partial charge in [-0.15, -0.1) is 11.3 Å². The molecule has 1 heterocycles. The number of aliphatic carboxylic acids is 1. The number of nitrogens with two attached hydrogens (primary N) is 1. The number of rotatable bonds is 6. The first-order chi connectivity index (χ1) is 13.0. The second-order valence-electron chi connectivity index (χ2n) is 6.47. The number of thiophene rings is 1. The number of carboxylic acids is 1. The lowest BCUT2D eigenvalue weighted by atomic mass is 9.82. The van der Waals surface area contributed by atoms with Gasteiger partial charge in [-0.3, -0.25) is 14.4 Å². The van der Waals surface area contributed by atoms with E-state index in [0.717, 1.165) is 10.4 Å². The van der Waals surface area contributed by atoms with Crippen molar-refractivity contribution >= 4 is 34.1 Å². The van der Waals surface area contributed by atoms with E-state index in [1.165, 1.54) is 11.3 Å². The Morgan fingerprint density at radius 2 is 1.78 bits per heavy atom. The third kappa shape index (κ3) is 4.43. The summed E-state index contributed by atoms with van der Waals surface area (Å²) in [4.78, 5) is 36.8. The van der Waals surface area contributed by atoms with Crippen LogP contribution < -0.4 is 11.1 Å². The standard InChI is InChI=1S/C20H20N2O4S/c21-17(23)16-11-13(10-12-6-2-1-3-7-12)27-19(16)22-18(24)14-8-4-5-9-15(14)20(25)26/h1-7,11,14-15H,8-10H2,(H2,21,23)(H,22,24)(H,25,26)/t14-,15+/m1/s1. The maximum Gasteiger partial charge on any atom is 0.307 e. The average Bonchev–Trinajstić information content (AvgIpc) is 3.05. The van der Waals surface area contributed by atoms with Gasteiger partial charge in [0, 0.05) is 11.3 Å². The molecule has 0 saturated heterocycles. The third-order valence-electron chi connectivity index (χ3n) is 4.59. The summed E-state index contributed by atoms with van der Waals surface area (Å²) in [6, 6.07) is 11.4. The van der Waals surface area contributed by atoms with E-state index >= 15 is 0 Å². The molecule has 4 N–H and O–H groups in total. The number of carbonyl (C=O) groups is 3. The lowest BCUT2D eigenvalue weighted by molar-refractivity contribution is -0.146. The smallest absolute Gasteiger partial charge is 0.307 e. The minimum Gasteiger partial charge on any atom is -0.481 e. The molecular weight excluding hydrogens is 364 g/mol. The van der Waals surface area contributed by atoms with Gasteiger partial charge in [-0.2, -0.15) is 0 Å². The van der Waals surface area contributed by atoms with E-state index in [9.17, 15) is 19.5 Å². The first-order valence-electron chi connectivity index (χ1n) is 8.61. The zero-order valence-corrected chi connectivity index (χ0v) is 15.4. The van der Waals surface area contributed by atoms with Gasteiger partial charge in [-0.25, -0.2) is 0 Å². The highest BCUT2D eigenvalue weighted by atomic mass is 32.1. The number of amides is 2.